The molecule has 3 nitrogen and oxygen atoms in total. The van der Waals surface area contributed by atoms with Crippen molar-refractivity contribution < 1.29 is 4.79 Å². The van der Waals surface area contributed by atoms with Crippen molar-refractivity contribution in [3.63, 3.8) is 0 Å². The van der Waals surface area contributed by atoms with Crippen molar-refractivity contribution in [1.82, 2.24) is 5.32 Å². The van der Waals surface area contributed by atoms with Gasteiger partial charge in [-0.1, -0.05) is 49.4 Å². The van der Waals surface area contributed by atoms with Gasteiger partial charge in [0.05, 0.1) is 6.42 Å². The van der Waals surface area contributed by atoms with Crippen molar-refractivity contribution in [2.45, 2.75) is 19.3 Å². The van der Waals surface area contributed by atoms with Crippen LogP contribution in [0.5, 0.6) is 0 Å². The summed E-state index contributed by atoms with van der Waals surface area (Å²) in [6.45, 7) is 3.10. The molecule has 1 amide bonds. The standard InChI is InChI=1S/C18H22N2O/c1-14(16-6-4-3-5-7-16)13-20-17-10-8-15(9-11-17)12-18(21)19-2/h3-11,14,20H,12-13H2,1-2H3,(H,19,21). The lowest BCUT2D eigenvalue weighted by Crippen LogP contribution is -2.19. The molecule has 1 unspecified atom stereocenters. The first kappa shape index (κ1) is 15.1. The zero-order valence-corrected chi connectivity index (χ0v) is 12.6. The Bertz CT molecular complexity index is 564. The third-order valence-electron chi connectivity index (χ3n) is 3.58. The first-order valence-corrected chi connectivity index (χ1v) is 7.27. The van der Waals surface area contributed by atoms with Crippen molar-refractivity contribution in [1.29, 1.82) is 0 Å². The highest BCUT2D eigenvalue weighted by atomic mass is 16.1. The Balaban J connectivity index is 1.87. The molecule has 0 saturated heterocycles. The second-order valence-electron chi connectivity index (χ2n) is 5.24. The molecular weight excluding hydrogens is 260 g/mol. The van der Waals surface area contributed by atoms with E-state index in [4.69, 9.17) is 0 Å². The average molecular weight is 282 g/mol. The van der Waals surface area contributed by atoms with Crippen LogP contribution in [0, 0.1) is 0 Å². The Morgan fingerprint density at radius 3 is 2.33 bits per heavy atom. The molecule has 0 aliphatic carbocycles. The van der Waals surface area contributed by atoms with Crippen LogP contribution in [-0.4, -0.2) is 19.5 Å². The largest absolute Gasteiger partial charge is 0.384 e. The number of amides is 1. The molecule has 0 spiro atoms. The summed E-state index contributed by atoms with van der Waals surface area (Å²) < 4.78 is 0. The van der Waals surface area contributed by atoms with Gasteiger partial charge in [-0.25, -0.2) is 0 Å². The summed E-state index contributed by atoms with van der Waals surface area (Å²) >= 11 is 0. The number of carbonyl (C=O) groups is 1. The number of rotatable bonds is 6. The normalized spacial score (nSPS) is 11.7. The van der Waals surface area contributed by atoms with Crippen LogP contribution in [0.4, 0.5) is 5.69 Å². The van der Waals surface area contributed by atoms with E-state index in [1.54, 1.807) is 7.05 Å². The van der Waals surface area contributed by atoms with Gasteiger partial charge < -0.3 is 10.6 Å². The molecule has 110 valence electrons. The van der Waals surface area contributed by atoms with E-state index >= 15 is 0 Å². The first-order valence-electron chi connectivity index (χ1n) is 7.27. The molecule has 21 heavy (non-hydrogen) atoms. The Labute approximate surface area is 126 Å². The molecule has 0 heterocycles. The summed E-state index contributed by atoms with van der Waals surface area (Å²) in [5.41, 5.74) is 3.44. The quantitative estimate of drug-likeness (QED) is 0.854. The van der Waals surface area contributed by atoms with Crippen molar-refractivity contribution in [2.24, 2.45) is 0 Å². The van der Waals surface area contributed by atoms with Crippen molar-refractivity contribution in [3.8, 4) is 0 Å². The number of nitrogens with one attached hydrogen (secondary N) is 2. The summed E-state index contributed by atoms with van der Waals surface area (Å²) in [6.07, 6.45) is 0.428. The van der Waals surface area contributed by atoms with Crippen molar-refractivity contribution in [2.75, 3.05) is 18.9 Å². The number of anilines is 1. The van der Waals surface area contributed by atoms with Gasteiger partial charge in [0, 0.05) is 19.3 Å². The minimum absolute atomic E-state index is 0.0356. The molecule has 0 aliphatic rings. The SMILES string of the molecule is CNC(=O)Cc1ccc(NCC(C)c2ccccc2)cc1. The van der Waals surface area contributed by atoms with Gasteiger partial charge in [-0.05, 0) is 29.2 Å². The lowest BCUT2D eigenvalue weighted by molar-refractivity contribution is -0.119. The zero-order chi connectivity index (χ0) is 15.1. The monoisotopic (exact) mass is 282 g/mol. The zero-order valence-electron chi connectivity index (χ0n) is 12.6. The molecule has 0 radical (unpaired) electrons. The summed E-state index contributed by atoms with van der Waals surface area (Å²) in [5, 5.41) is 6.07. The second-order valence-corrected chi connectivity index (χ2v) is 5.24. The van der Waals surface area contributed by atoms with Gasteiger partial charge in [0.25, 0.3) is 0 Å². The Kier molecular flexibility index (Phi) is 5.38. The Morgan fingerprint density at radius 2 is 1.71 bits per heavy atom. The van der Waals surface area contributed by atoms with Crippen LogP contribution in [0.1, 0.15) is 24.0 Å². The minimum atomic E-state index is 0.0356. The summed E-state index contributed by atoms with van der Waals surface area (Å²) in [4.78, 5) is 11.3. The fraction of sp³-hybridized carbons (Fsp3) is 0.278. The molecule has 0 aromatic heterocycles. The van der Waals surface area contributed by atoms with E-state index in [2.05, 4.69) is 41.8 Å². The topological polar surface area (TPSA) is 41.1 Å². The van der Waals surface area contributed by atoms with E-state index in [1.165, 1.54) is 5.56 Å². The Hall–Kier alpha value is -2.29. The fourth-order valence-corrected chi connectivity index (χ4v) is 2.18. The number of hydrogen-bond donors (Lipinski definition) is 2. The maximum absolute atomic E-state index is 11.3. The molecule has 2 rings (SSSR count). The van der Waals surface area contributed by atoms with Crippen LogP contribution in [0.15, 0.2) is 54.6 Å². The highest BCUT2D eigenvalue weighted by molar-refractivity contribution is 5.78. The lowest BCUT2D eigenvalue weighted by atomic mass is 10.0. The number of benzene rings is 2. The minimum Gasteiger partial charge on any atom is -0.384 e. The van der Waals surface area contributed by atoms with Gasteiger partial charge >= 0.3 is 0 Å². The summed E-state index contributed by atoms with van der Waals surface area (Å²) in [5.74, 6) is 0.491. The molecule has 0 bridgehead atoms. The van der Waals surface area contributed by atoms with E-state index in [9.17, 15) is 4.79 Å². The molecule has 0 saturated carbocycles. The third kappa shape index (κ3) is 4.63. The van der Waals surface area contributed by atoms with Crippen LogP contribution in [0.25, 0.3) is 0 Å². The molecular formula is C18H22N2O. The lowest BCUT2D eigenvalue weighted by Gasteiger charge is -2.14. The van der Waals surface area contributed by atoms with Crippen LogP contribution in [0.3, 0.4) is 0 Å². The summed E-state index contributed by atoms with van der Waals surface area (Å²) in [7, 11) is 1.66. The van der Waals surface area contributed by atoms with Gasteiger partial charge in [0.1, 0.15) is 0 Å². The van der Waals surface area contributed by atoms with Gasteiger partial charge in [-0.3, -0.25) is 4.79 Å². The number of likely N-dealkylation sites (N-methyl/N-ethyl adjacent to an activating group) is 1. The predicted molar refractivity (Wildman–Crippen MR) is 87.6 cm³/mol. The van der Waals surface area contributed by atoms with E-state index in [0.717, 1.165) is 17.8 Å². The van der Waals surface area contributed by atoms with Gasteiger partial charge in [-0.2, -0.15) is 0 Å². The molecule has 3 heteroatoms. The van der Waals surface area contributed by atoms with Gasteiger partial charge in [0.2, 0.25) is 5.91 Å². The molecule has 0 aliphatic heterocycles. The van der Waals surface area contributed by atoms with Crippen LogP contribution in [-0.2, 0) is 11.2 Å². The smallest absolute Gasteiger partial charge is 0.224 e. The predicted octanol–water partition coefficient (Wildman–Crippen LogP) is 3.19. The first-order chi connectivity index (χ1) is 10.2. The van der Waals surface area contributed by atoms with E-state index in [-0.39, 0.29) is 5.91 Å². The number of carbonyl (C=O) groups excluding carboxylic acids is 1. The van der Waals surface area contributed by atoms with Crippen LogP contribution < -0.4 is 10.6 Å². The number of hydrogen-bond acceptors (Lipinski definition) is 2. The Morgan fingerprint density at radius 1 is 1.05 bits per heavy atom. The van der Waals surface area contributed by atoms with E-state index in [0.29, 0.717) is 12.3 Å². The highest BCUT2D eigenvalue weighted by Crippen LogP contribution is 2.16. The average Bonchev–Trinajstić information content (AvgIpc) is 2.54. The van der Waals surface area contributed by atoms with Crippen molar-refractivity contribution in [3.05, 3.63) is 65.7 Å². The van der Waals surface area contributed by atoms with Crippen molar-refractivity contribution >= 4 is 11.6 Å². The van der Waals surface area contributed by atoms with Crippen LogP contribution in [0.2, 0.25) is 0 Å². The second kappa shape index (κ2) is 7.48. The third-order valence-corrected chi connectivity index (χ3v) is 3.58. The molecule has 0 fully saturated rings. The summed E-state index contributed by atoms with van der Waals surface area (Å²) in [6, 6.07) is 18.5. The van der Waals surface area contributed by atoms with Gasteiger partial charge in [0.15, 0.2) is 0 Å². The fourth-order valence-electron chi connectivity index (χ4n) is 2.18. The molecule has 2 aromatic rings. The van der Waals surface area contributed by atoms with E-state index < -0.39 is 0 Å². The highest BCUT2D eigenvalue weighted by Gasteiger charge is 2.05. The van der Waals surface area contributed by atoms with Gasteiger partial charge in [-0.15, -0.1) is 0 Å². The maximum atomic E-state index is 11.3. The molecule has 1 atom stereocenters. The van der Waals surface area contributed by atoms with E-state index in [1.807, 2.05) is 30.3 Å². The molecule has 2 N–H and O–H groups in total. The van der Waals surface area contributed by atoms with Crippen LogP contribution >= 0.6 is 0 Å². The molecule has 2 aromatic carbocycles. The maximum Gasteiger partial charge on any atom is 0.224 e.